The molecule has 0 N–H and O–H groups in total. The first-order valence-electron chi connectivity index (χ1n) is 3.50. The summed E-state index contributed by atoms with van der Waals surface area (Å²) in [4.78, 5) is 4.12. The van der Waals surface area contributed by atoms with Crippen LogP contribution in [0.2, 0.25) is 5.21 Å². The SMILES string of the molecule is CCc1cnc(CC[AsH2])o1. The van der Waals surface area contributed by atoms with Crippen molar-refractivity contribution in [3.8, 4) is 0 Å². The Morgan fingerprint density at radius 1 is 1.70 bits per heavy atom. The van der Waals surface area contributed by atoms with Gasteiger partial charge in [0.05, 0.1) is 0 Å². The summed E-state index contributed by atoms with van der Waals surface area (Å²) in [6.45, 7) is 2.07. The second-order valence-corrected chi connectivity index (χ2v) is 3.32. The average Bonchev–Trinajstić information content (AvgIpc) is 2.37. The van der Waals surface area contributed by atoms with Crippen LogP contribution in [-0.2, 0) is 12.8 Å². The molecule has 56 valence electrons. The zero-order valence-corrected chi connectivity index (χ0v) is 8.55. The molecule has 3 heteroatoms. The predicted molar refractivity (Wildman–Crippen MR) is 42.9 cm³/mol. The summed E-state index contributed by atoms with van der Waals surface area (Å²) in [6.07, 6.45) is 3.75. The topological polar surface area (TPSA) is 26.0 Å². The molecule has 0 aliphatic rings. The van der Waals surface area contributed by atoms with E-state index in [0.29, 0.717) is 0 Å². The van der Waals surface area contributed by atoms with Crippen molar-refractivity contribution < 1.29 is 4.42 Å². The molecule has 0 fully saturated rings. The summed E-state index contributed by atoms with van der Waals surface area (Å²) in [7, 11) is 0. The third kappa shape index (κ3) is 1.88. The molecule has 1 rings (SSSR count). The quantitative estimate of drug-likeness (QED) is 0.677. The second-order valence-electron chi connectivity index (χ2n) is 2.11. The molecule has 0 bridgehead atoms. The maximum absolute atomic E-state index is 5.37. The van der Waals surface area contributed by atoms with Crippen molar-refractivity contribution in [3.05, 3.63) is 17.8 Å². The van der Waals surface area contributed by atoms with Gasteiger partial charge in [-0.1, -0.05) is 0 Å². The number of aromatic nitrogens is 1. The van der Waals surface area contributed by atoms with Gasteiger partial charge in [-0.15, -0.1) is 0 Å². The van der Waals surface area contributed by atoms with Crippen LogP contribution in [0.1, 0.15) is 18.6 Å². The first-order valence-corrected chi connectivity index (χ1v) is 5.21. The summed E-state index contributed by atoms with van der Waals surface area (Å²) in [5.41, 5.74) is 0. The van der Waals surface area contributed by atoms with Gasteiger partial charge < -0.3 is 0 Å². The molecule has 2 nitrogen and oxygen atoms in total. The van der Waals surface area contributed by atoms with E-state index < -0.39 is 0 Å². The standard InChI is InChI=1S/C7H12AsNO/c1-2-6-5-9-7(10-6)3-4-8/h5H,2-4,8H2,1H3. The van der Waals surface area contributed by atoms with Gasteiger partial charge in [-0.3, -0.25) is 0 Å². The fourth-order valence-electron chi connectivity index (χ4n) is 0.751. The number of hydrogen-bond donors (Lipinski definition) is 0. The van der Waals surface area contributed by atoms with Crippen LogP contribution in [0, 0.1) is 0 Å². The predicted octanol–water partition coefficient (Wildman–Crippen LogP) is 0.831. The van der Waals surface area contributed by atoms with Crippen molar-refractivity contribution in [2.75, 3.05) is 0 Å². The Morgan fingerprint density at radius 2 is 2.50 bits per heavy atom. The van der Waals surface area contributed by atoms with Gasteiger partial charge in [-0.05, 0) is 0 Å². The van der Waals surface area contributed by atoms with E-state index in [1.165, 1.54) is 0 Å². The third-order valence-corrected chi connectivity index (χ3v) is 1.91. The van der Waals surface area contributed by atoms with Crippen molar-refractivity contribution in [1.29, 1.82) is 0 Å². The summed E-state index contributed by atoms with van der Waals surface area (Å²) in [5, 5.41) is 1.16. The van der Waals surface area contributed by atoms with E-state index in [0.717, 1.165) is 29.7 Å². The van der Waals surface area contributed by atoms with Gasteiger partial charge in [0.15, 0.2) is 0 Å². The molecule has 1 atom stereocenters. The number of rotatable bonds is 3. The van der Waals surface area contributed by atoms with Crippen LogP contribution in [0.5, 0.6) is 0 Å². The Kier molecular flexibility index (Phi) is 3.01. The Bertz CT molecular complexity index is 197. The molecule has 0 spiro atoms. The fourth-order valence-corrected chi connectivity index (χ4v) is 1.27. The Balaban J connectivity index is 2.59. The van der Waals surface area contributed by atoms with Crippen LogP contribution in [-0.4, -0.2) is 21.8 Å². The van der Waals surface area contributed by atoms with Gasteiger partial charge in [0.25, 0.3) is 0 Å². The maximum atomic E-state index is 5.37. The molecule has 0 amide bonds. The van der Waals surface area contributed by atoms with Gasteiger partial charge >= 0.3 is 69.1 Å². The second kappa shape index (κ2) is 3.82. The molecular formula is C7H12AsNO. The van der Waals surface area contributed by atoms with E-state index in [-0.39, 0.29) is 0 Å². The van der Waals surface area contributed by atoms with Crippen LogP contribution >= 0.6 is 0 Å². The molecule has 1 heterocycles. The molecular weight excluding hydrogens is 189 g/mol. The van der Waals surface area contributed by atoms with E-state index in [9.17, 15) is 0 Å². The summed E-state index contributed by atoms with van der Waals surface area (Å²) in [5.74, 6) is 1.89. The number of nitrogens with zero attached hydrogens (tertiary/aromatic N) is 1. The van der Waals surface area contributed by atoms with Gasteiger partial charge in [0.1, 0.15) is 0 Å². The summed E-state index contributed by atoms with van der Waals surface area (Å²) >= 11 is 1.72. The first kappa shape index (κ1) is 7.87. The molecule has 0 aliphatic heterocycles. The zero-order valence-electron chi connectivity index (χ0n) is 6.13. The van der Waals surface area contributed by atoms with Gasteiger partial charge in [0, 0.05) is 0 Å². The van der Waals surface area contributed by atoms with Crippen molar-refractivity contribution in [2.24, 2.45) is 0 Å². The molecule has 0 radical (unpaired) electrons. The number of oxazole rings is 1. The minimum atomic E-state index is 0.890. The molecule has 0 saturated heterocycles. The van der Waals surface area contributed by atoms with E-state index in [1.54, 1.807) is 16.9 Å². The van der Waals surface area contributed by atoms with Crippen LogP contribution in [0.4, 0.5) is 0 Å². The third-order valence-electron chi connectivity index (χ3n) is 1.31. The normalized spacial score (nSPS) is 10.2. The van der Waals surface area contributed by atoms with Crippen LogP contribution in [0.3, 0.4) is 0 Å². The molecule has 0 saturated carbocycles. The van der Waals surface area contributed by atoms with Gasteiger partial charge in [0.2, 0.25) is 0 Å². The Morgan fingerprint density at radius 3 is 3.00 bits per heavy atom. The van der Waals surface area contributed by atoms with E-state index in [1.807, 2.05) is 6.20 Å². The molecule has 0 aromatic carbocycles. The molecule has 1 unspecified atom stereocenters. The summed E-state index contributed by atoms with van der Waals surface area (Å²) in [6, 6.07) is 0. The first-order chi connectivity index (χ1) is 4.86. The fraction of sp³-hybridized carbons (Fsp3) is 0.571. The number of aryl methyl sites for hydroxylation is 2. The van der Waals surface area contributed by atoms with E-state index >= 15 is 0 Å². The minimum absolute atomic E-state index is 0.890. The summed E-state index contributed by atoms with van der Waals surface area (Å²) < 4.78 is 5.37. The van der Waals surface area contributed by atoms with Crippen LogP contribution < -0.4 is 0 Å². The van der Waals surface area contributed by atoms with E-state index in [2.05, 4.69) is 11.9 Å². The monoisotopic (exact) mass is 201 g/mol. The van der Waals surface area contributed by atoms with Gasteiger partial charge in [-0.25, -0.2) is 0 Å². The van der Waals surface area contributed by atoms with Crippen molar-refractivity contribution >= 4 is 16.9 Å². The van der Waals surface area contributed by atoms with Crippen molar-refractivity contribution in [2.45, 2.75) is 25.0 Å². The molecule has 10 heavy (non-hydrogen) atoms. The average molecular weight is 201 g/mol. The van der Waals surface area contributed by atoms with Crippen LogP contribution in [0.15, 0.2) is 10.6 Å². The van der Waals surface area contributed by atoms with Gasteiger partial charge in [-0.2, -0.15) is 0 Å². The Hall–Kier alpha value is -0.232. The van der Waals surface area contributed by atoms with Crippen molar-refractivity contribution in [1.82, 2.24) is 4.98 Å². The zero-order chi connectivity index (χ0) is 7.40. The Labute approximate surface area is 69.5 Å². The van der Waals surface area contributed by atoms with E-state index in [4.69, 9.17) is 4.42 Å². The van der Waals surface area contributed by atoms with Crippen molar-refractivity contribution in [3.63, 3.8) is 0 Å². The number of hydrogen-bond acceptors (Lipinski definition) is 2. The molecule has 0 aliphatic carbocycles. The molecule has 1 aromatic heterocycles. The molecule has 1 aromatic rings. The van der Waals surface area contributed by atoms with Crippen LogP contribution in [0.25, 0.3) is 0 Å².